The van der Waals surface area contributed by atoms with Crippen LogP contribution in [0.4, 0.5) is 0 Å². The van der Waals surface area contributed by atoms with Crippen LogP contribution in [0.2, 0.25) is 0 Å². The first-order valence-corrected chi connectivity index (χ1v) is 7.29. The first kappa shape index (κ1) is 15.3. The third-order valence-electron chi connectivity index (χ3n) is 3.10. The van der Waals surface area contributed by atoms with Gasteiger partial charge in [-0.3, -0.25) is 4.79 Å². The Morgan fingerprint density at radius 2 is 1.71 bits per heavy atom. The summed E-state index contributed by atoms with van der Waals surface area (Å²) in [6.07, 6.45) is 0. The van der Waals surface area contributed by atoms with E-state index in [9.17, 15) is 4.79 Å². The molecule has 110 valence electrons. The van der Waals surface area contributed by atoms with Gasteiger partial charge in [-0.15, -0.1) is 0 Å². The van der Waals surface area contributed by atoms with Crippen molar-refractivity contribution in [2.24, 2.45) is 0 Å². The molecule has 0 heterocycles. The van der Waals surface area contributed by atoms with Crippen LogP contribution in [0.25, 0.3) is 11.1 Å². The molecule has 0 aliphatic carbocycles. The van der Waals surface area contributed by atoms with Crippen LogP contribution in [0.3, 0.4) is 0 Å². The zero-order valence-electron chi connectivity index (χ0n) is 12.6. The molecule has 1 amide bonds. The highest BCUT2D eigenvalue weighted by Gasteiger charge is 2.03. The van der Waals surface area contributed by atoms with E-state index in [1.165, 1.54) is 16.7 Å². The molecule has 2 N–H and O–H groups in total. The van der Waals surface area contributed by atoms with E-state index in [1.807, 2.05) is 38.1 Å². The Bertz CT molecular complexity index is 579. The van der Waals surface area contributed by atoms with Crippen LogP contribution in [0.1, 0.15) is 19.4 Å². The summed E-state index contributed by atoms with van der Waals surface area (Å²) in [5.74, 6) is 0.0317. The number of carbonyl (C=O) groups is 1. The summed E-state index contributed by atoms with van der Waals surface area (Å²) >= 11 is 0. The quantitative estimate of drug-likeness (QED) is 0.855. The Morgan fingerprint density at radius 1 is 1.00 bits per heavy atom. The lowest BCUT2D eigenvalue weighted by atomic mass is 10.0. The Hall–Kier alpha value is -2.13. The second-order valence-corrected chi connectivity index (χ2v) is 5.39. The number of carbonyl (C=O) groups excluding carboxylic acids is 1. The van der Waals surface area contributed by atoms with E-state index in [0.29, 0.717) is 13.1 Å². The van der Waals surface area contributed by atoms with Crippen molar-refractivity contribution in [3.05, 3.63) is 60.2 Å². The van der Waals surface area contributed by atoms with Gasteiger partial charge in [0, 0.05) is 12.6 Å². The van der Waals surface area contributed by atoms with Crippen molar-refractivity contribution in [1.29, 1.82) is 0 Å². The molecule has 2 aromatic rings. The second-order valence-electron chi connectivity index (χ2n) is 5.39. The number of amides is 1. The lowest BCUT2D eigenvalue weighted by Gasteiger charge is -2.10. The number of nitrogens with one attached hydrogen (secondary N) is 2. The average molecular weight is 282 g/mol. The highest BCUT2D eigenvalue weighted by molar-refractivity contribution is 5.78. The highest BCUT2D eigenvalue weighted by Crippen LogP contribution is 2.19. The Labute approximate surface area is 126 Å². The molecule has 2 rings (SSSR count). The van der Waals surface area contributed by atoms with Crippen molar-refractivity contribution in [3.63, 3.8) is 0 Å². The average Bonchev–Trinajstić information content (AvgIpc) is 2.48. The number of rotatable bonds is 6. The van der Waals surface area contributed by atoms with Crippen LogP contribution >= 0.6 is 0 Å². The fraction of sp³-hybridized carbons (Fsp3) is 0.278. The third-order valence-corrected chi connectivity index (χ3v) is 3.10. The van der Waals surface area contributed by atoms with Crippen LogP contribution in [-0.4, -0.2) is 18.5 Å². The highest BCUT2D eigenvalue weighted by atomic mass is 16.1. The molecule has 0 unspecified atom stereocenters. The van der Waals surface area contributed by atoms with Gasteiger partial charge in [0.2, 0.25) is 5.91 Å². The molecule has 0 atom stereocenters. The van der Waals surface area contributed by atoms with Gasteiger partial charge >= 0.3 is 0 Å². The van der Waals surface area contributed by atoms with Gasteiger partial charge in [0.15, 0.2) is 0 Å². The predicted octanol–water partition coefficient (Wildman–Crippen LogP) is 2.97. The predicted molar refractivity (Wildman–Crippen MR) is 86.9 cm³/mol. The largest absolute Gasteiger partial charge is 0.353 e. The third kappa shape index (κ3) is 5.04. The second kappa shape index (κ2) is 7.60. The summed E-state index contributed by atoms with van der Waals surface area (Å²) in [6, 6.07) is 18.8. The first-order chi connectivity index (χ1) is 10.1. The molecule has 0 saturated heterocycles. The van der Waals surface area contributed by atoms with Crippen LogP contribution < -0.4 is 10.6 Å². The van der Waals surface area contributed by atoms with E-state index in [2.05, 4.69) is 41.0 Å². The summed E-state index contributed by atoms with van der Waals surface area (Å²) in [7, 11) is 0. The van der Waals surface area contributed by atoms with Crippen molar-refractivity contribution in [1.82, 2.24) is 10.6 Å². The summed E-state index contributed by atoms with van der Waals surface area (Å²) in [5, 5.41) is 6.04. The monoisotopic (exact) mass is 282 g/mol. The molecule has 0 spiro atoms. The molecule has 0 aliphatic rings. The van der Waals surface area contributed by atoms with Gasteiger partial charge in [-0.05, 0) is 36.6 Å². The van der Waals surface area contributed by atoms with E-state index >= 15 is 0 Å². The Balaban J connectivity index is 1.92. The molecule has 0 radical (unpaired) electrons. The van der Waals surface area contributed by atoms with Crippen molar-refractivity contribution >= 4 is 5.91 Å². The molecule has 0 fully saturated rings. The molecular formula is C18H22N2O. The molecule has 0 aromatic heterocycles. The van der Waals surface area contributed by atoms with Crippen LogP contribution in [0.5, 0.6) is 0 Å². The smallest absolute Gasteiger partial charge is 0.234 e. The molecule has 0 bridgehead atoms. The fourth-order valence-electron chi connectivity index (χ4n) is 2.18. The topological polar surface area (TPSA) is 41.1 Å². The molecule has 0 aliphatic heterocycles. The maximum atomic E-state index is 11.6. The SMILES string of the molecule is CC(C)NC(=O)CNCc1cccc(-c2ccccc2)c1. The van der Waals surface area contributed by atoms with Gasteiger partial charge in [0.25, 0.3) is 0 Å². The van der Waals surface area contributed by atoms with Gasteiger partial charge < -0.3 is 10.6 Å². The number of benzene rings is 2. The molecule has 21 heavy (non-hydrogen) atoms. The molecule has 2 aromatic carbocycles. The van der Waals surface area contributed by atoms with E-state index in [4.69, 9.17) is 0 Å². The van der Waals surface area contributed by atoms with Gasteiger partial charge in [-0.2, -0.15) is 0 Å². The molecular weight excluding hydrogens is 260 g/mol. The lowest BCUT2D eigenvalue weighted by Crippen LogP contribution is -2.37. The van der Waals surface area contributed by atoms with E-state index < -0.39 is 0 Å². The van der Waals surface area contributed by atoms with Crippen molar-refractivity contribution in [3.8, 4) is 11.1 Å². The minimum absolute atomic E-state index is 0.0317. The minimum Gasteiger partial charge on any atom is -0.353 e. The Morgan fingerprint density at radius 3 is 2.43 bits per heavy atom. The molecule has 0 saturated carbocycles. The lowest BCUT2D eigenvalue weighted by molar-refractivity contribution is -0.120. The van der Waals surface area contributed by atoms with Gasteiger partial charge in [-0.25, -0.2) is 0 Å². The van der Waals surface area contributed by atoms with Gasteiger partial charge in [0.1, 0.15) is 0 Å². The molecule has 3 heteroatoms. The van der Waals surface area contributed by atoms with E-state index in [1.54, 1.807) is 0 Å². The summed E-state index contributed by atoms with van der Waals surface area (Å²) in [6.45, 7) is 4.95. The van der Waals surface area contributed by atoms with Crippen molar-refractivity contribution in [2.45, 2.75) is 26.4 Å². The minimum atomic E-state index is 0.0317. The van der Waals surface area contributed by atoms with Crippen molar-refractivity contribution < 1.29 is 4.79 Å². The Kier molecular flexibility index (Phi) is 5.52. The van der Waals surface area contributed by atoms with Crippen LogP contribution in [0, 0.1) is 0 Å². The maximum Gasteiger partial charge on any atom is 0.234 e. The van der Waals surface area contributed by atoms with Crippen LogP contribution in [0.15, 0.2) is 54.6 Å². The van der Waals surface area contributed by atoms with E-state index in [0.717, 1.165) is 0 Å². The summed E-state index contributed by atoms with van der Waals surface area (Å²) in [5.41, 5.74) is 3.58. The van der Waals surface area contributed by atoms with Gasteiger partial charge in [-0.1, -0.05) is 48.5 Å². The van der Waals surface area contributed by atoms with Crippen molar-refractivity contribution in [2.75, 3.05) is 6.54 Å². The number of hydrogen-bond acceptors (Lipinski definition) is 2. The maximum absolute atomic E-state index is 11.6. The zero-order valence-corrected chi connectivity index (χ0v) is 12.6. The van der Waals surface area contributed by atoms with Crippen LogP contribution in [-0.2, 0) is 11.3 Å². The number of hydrogen-bond donors (Lipinski definition) is 2. The normalized spacial score (nSPS) is 10.6. The van der Waals surface area contributed by atoms with E-state index in [-0.39, 0.29) is 11.9 Å². The standard InChI is InChI=1S/C18H22N2O/c1-14(2)20-18(21)13-19-12-15-7-6-10-17(11-15)16-8-4-3-5-9-16/h3-11,14,19H,12-13H2,1-2H3,(H,20,21). The first-order valence-electron chi connectivity index (χ1n) is 7.29. The fourth-order valence-corrected chi connectivity index (χ4v) is 2.18. The summed E-state index contributed by atoms with van der Waals surface area (Å²) in [4.78, 5) is 11.6. The molecule has 3 nitrogen and oxygen atoms in total. The summed E-state index contributed by atoms with van der Waals surface area (Å²) < 4.78 is 0. The zero-order chi connectivity index (χ0) is 15.1. The van der Waals surface area contributed by atoms with Gasteiger partial charge in [0.05, 0.1) is 6.54 Å².